The third kappa shape index (κ3) is 4.22. The smallest absolute Gasteiger partial charge is 0.409 e. The number of anilines is 1. The van der Waals surface area contributed by atoms with Gasteiger partial charge in [-0.3, -0.25) is 9.59 Å². The Balaban J connectivity index is 1.50. The zero-order valence-electron chi connectivity index (χ0n) is 13.7. The lowest BCUT2D eigenvalue weighted by molar-refractivity contribution is -0.126. The van der Waals surface area contributed by atoms with Crippen LogP contribution in [0.2, 0.25) is 5.02 Å². The highest BCUT2D eigenvalue weighted by Gasteiger charge is 2.35. The van der Waals surface area contributed by atoms with Gasteiger partial charge in [-0.15, -0.1) is 0 Å². The Labute approximate surface area is 150 Å². The van der Waals surface area contributed by atoms with Gasteiger partial charge in [0.25, 0.3) is 0 Å². The zero-order valence-corrected chi connectivity index (χ0v) is 14.5. The molecule has 2 aliphatic heterocycles. The number of benzene rings is 1. The van der Waals surface area contributed by atoms with E-state index >= 15 is 0 Å². The first-order valence-electron chi connectivity index (χ1n) is 8.30. The van der Waals surface area contributed by atoms with Gasteiger partial charge in [-0.05, 0) is 24.6 Å². The number of nitrogens with zero attached hydrogens (tertiary/aromatic N) is 2. The summed E-state index contributed by atoms with van der Waals surface area (Å²) in [5.41, 5.74) is 0.698. The molecular weight excluding hydrogens is 346 g/mol. The molecule has 2 heterocycles. The highest BCUT2D eigenvalue weighted by molar-refractivity contribution is 6.31. The van der Waals surface area contributed by atoms with Gasteiger partial charge in [0.2, 0.25) is 11.8 Å². The molecule has 0 spiro atoms. The summed E-state index contributed by atoms with van der Waals surface area (Å²) in [6, 6.07) is 7.02. The third-order valence-corrected chi connectivity index (χ3v) is 4.59. The number of carbonyl (C=O) groups is 3. The topological polar surface area (TPSA) is 79.0 Å². The molecule has 0 aromatic heterocycles. The lowest BCUT2D eigenvalue weighted by atomic mass is 10.1. The highest BCUT2D eigenvalue weighted by atomic mass is 35.5. The van der Waals surface area contributed by atoms with Crippen LogP contribution in [-0.4, -0.2) is 55.6 Å². The van der Waals surface area contributed by atoms with E-state index in [1.807, 2.05) is 0 Å². The van der Waals surface area contributed by atoms with E-state index in [0.717, 1.165) is 6.42 Å². The second-order valence-corrected chi connectivity index (χ2v) is 6.57. The normalized spacial score (nSPS) is 20.6. The van der Waals surface area contributed by atoms with Gasteiger partial charge < -0.3 is 19.9 Å². The third-order valence-electron chi connectivity index (χ3n) is 4.35. The summed E-state index contributed by atoms with van der Waals surface area (Å²) in [7, 11) is 0. The minimum absolute atomic E-state index is 0.0953. The number of nitrogens with one attached hydrogen (secondary N) is 1. The van der Waals surface area contributed by atoms with Crippen LogP contribution >= 0.6 is 11.6 Å². The van der Waals surface area contributed by atoms with Crippen LogP contribution in [0, 0.1) is 5.92 Å². The maximum atomic E-state index is 12.3. The second kappa shape index (κ2) is 7.74. The van der Waals surface area contributed by atoms with E-state index < -0.39 is 5.92 Å². The molecule has 25 heavy (non-hydrogen) atoms. The number of hydrogen-bond donors (Lipinski definition) is 1. The first kappa shape index (κ1) is 17.5. The lowest BCUT2D eigenvalue weighted by Crippen LogP contribution is -2.43. The summed E-state index contributed by atoms with van der Waals surface area (Å²) in [5.74, 6) is -0.676. The highest BCUT2D eigenvalue weighted by Crippen LogP contribution is 2.27. The van der Waals surface area contributed by atoms with Crippen LogP contribution in [0.15, 0.2) is 24.3 Å². The molecule has 0 unspecified atom stereocenters. The molecule has 1 aromatic carbocycles. The first-order valence-corrected chi connectivity index (χ1v) is 8.68. The minimum Gasteiger partial charge on any atom is -0.449 e. The molecule has 0 bridgehead atoms. The molecule has 2 fully saturated rings. The molecule has 3 amide bonds. The van der Waals surface area contributed by atoms with E-state index in [2.05, 4.69) is 5.32 Å². The van der Waals surface area contributed by atoms with Crippen LogP contribution in [-0.2, 0) is 14.3 Å². The van der Waals surface area contributed by atoms with Gasteiger partial charge in [0.15, 0.2) is 0 Å². The van der Waals surface area contributed by atoms with Crippen molar-refractivity contribution in [2.24, 2.45) is 5.92 Å². The predicted molar refractivity (Wildman–Crippen MR) is 92.5 cm³/mol. The standard InChI is InChI=1S/C17H20ClN3O4/c18-13-3-1-4-14(10-13)21-11-12(9-15(21)22)16(23)19-5-7-20-6-2-8-25-17(20)24/h1,3-4,10,12H,2,5-9,11H2,(H,19,23)/t12-/m1/s1. The van der Waals surface area contributed by atoms with Gasteiger partial charge >= 0.3 is 6.09 Å². The quantitative estimate of drug-likeness (QED) is 0.860. The second-order valence-electron chi connectivity index (χ2n) is 6.13. The van der Waals surface area contributed by atoms with Gasteiger partial charge in [0.1, 0.15) is 0 Å². The minimum atomic E-state index is -0.403. The van der Waals surface area contributed by atoms with Crippen LogP contribution in [0.25, 0.3) is 0 Å². The Bertz CT molecular complexity index is 682. The van der Waals surface area contributed by atoms with Gasteiger partial charge in [0.05, 0.1) is 12.5 Å². The molecule has 0 saturated carbocycles. The number of rotatable bonds is 5. The maximum Gasteiger partial charge on any atom is 0.409 e. The number of cyclic esters (lactones) is 1. The van der Waals surface area contributed by atoms with Gasteiger partial charge in [-0.1, -0.05) is 17.7 Å². The maximum absolute atomic E-state index is 12.3. The van der Waals surface area contributed by atoms with Crippen molar-refractivity contribution in [2.45, 2.75) is 12.8 Å². The molecule has 0 radical (unpaired) electrons. The van der Waals surface area contributed by atoms with Crippen LogP contribution in [0.1, 0.15) is 12.8 Å². The van der Waals surface area contributed by atoms with E-state index in [0.29, 0.717) is 43.5 Å². The fraction of sp³-hybridized carbons (Fsp3) is 0.471. The van der Waals surface area contributed by atoms with Crippen molar-refractivity contribution in [2.75, 3.05) is 37.7 Å². The molecule has 1 atom stereocenters. The van der Waals surface area contributed by atoms with E-state index in [9.17, 15) is 14.4 Å². The summed E-state index contributed by atoms with van der Waals surface area (Å²) in [5, 5.41) is 3.35. The summed E-state index contributed by atoms with van der Waals surface area (Å²) in [6.07, 6.45) is 0.624. The first-order chi connectivity index (χ1) is 12.0. The molecule has 2 aliphatic rings. The van der Waals surface area contributed by atoms with Crippen LogP contribution in [0.4, 0.5) is 10.5 Å². The molecule has 0 aliphatic carbocycles. The monoisotopic (exact) mass is 365 g/mol. The average molecular weight is 366 g/mol. The molecule has 8 heteroatoms. The molecule has 1 aromatic rings. The SMILES string of the molecule is O=C(NCCN1CCCOC1=O)[C@@H]1CC(=O)N(c2cccc(Cl)c2)C1. The largest absolute Gasteiger partial charge is 0.449 e. The number of amides is 3. The van der Waals surface area contributed by atoms with E-state index in [1.165, 1.54) is 0 Å². The van der Waals surface area contributed by atoms with Gasteiger partial charge in [0, 0.05) is 43.3 Å². The summed E-state index contributed by atoms with van der Waals surface area (Å²) in [4.78, 5) is 39.2. The van der Waals surface area contributed by atoms with Crippen molar-refractivity contribution in [3.63, 3.8) is 0 Å². The van der Waals surface area contributed by atoms with Crippen molar-refractivity contribution >= 4 is 35.2 Å². The fourth-order valence-electron chi connectivity index (χ4n) is 3.04. The predicted octanol–water partition coefficient (Wildman–Crippen LogP) is 1.65. The Morgan fingerprint density at radius 1 is 1.36 bits per heavy atom. The molecule has 3 rings (SSSR count). The molecule has 134 valence electrons. The summed E-state index contributed by atoms with van der Waals surface area (Å²) >= 11 is 5.96. The molecular formula is C17H20ClN3O4. The molecule has 1 N–H and O–H groups in total. The zero-order chi connectivity index (χ0) is 17.8. The Morgan fingerprint density at radius 3 is 2.96 bits per heavy atom. The average Bonchev–Trinajstić information content (AvgIpc) is 2.98. The van der Waals surface area contributed by atoms with Gasteiger partial charge in [-0.25, -0.2) is 4.79 Å². The lowest BCUT2D eigenvalue weighted by Gasteiger charge is -2.26. The van der Waals surface area contributed by atoms with E-state index in [-0.39, 0.29) is 24.3 Å². The van der Waals surface area contributed by atoms with Crippen LogP contribution in [0.3, 0.4) is 0 Å². The summed E-state index contributed by atoms with van der Waals surface area (Å²) < 4.78 is 4.95. The fourth-order valence-corrected chi connectivity index (χ4v) is 3.22. The van der Waals surface area contributed by atoms with Crippen molar-refractivity contribution in [3.8, 4) is 0 Å². The van der Waals surface area contributed by atoms with Crippen molar-refractivity contribution in [3.05, 3.63) is 29.3 Å². The van der Waals surface area contributed by atoms with Crippen molar-refractivity contribution in [1.29, 1.82) is 0 Å². The van der Waals surface area contributed by atoms with E-state index in [4.69, 9.17) is 16.3 Å². The van der Waals surface area contributed by atoms with Crippen LogP contribution < -0.4 is 10.2 Å². The Kier molecular flexibility index (Phi) is 5.43. The van der Waals surface area contributed by atoms with Gasteiger partial charge in [-0.2, -0.15) is 0 Å². The van der Waals surface area contributed by atoms with Crippen molar-refractivity contribution in [1.82, 2.24) is 10.2 Å². The number of carbonyl (C=O) groups excluding carboxylic acids is 3. The van der Waals surface area contributed by atoms with Crippen molar-refractivity contribution < 1.29 is 19.1 Å². The number of hydrogen-bond acceptors (Lipinski definition) is 4. The number of ether oxygens (including phenoxy) is 1. The Hall–Kier alpha value is -2.28. The molecule has 7 nitrogen and oxygen atoms in total. The number of halogens is 1. The van der Waals surface area contributed by atoms with E-state index in [1.54, 1.807) is 34.1 Å². The van der Waals surface area contributed by atoms with Crippen LogP contribution in [0.5, 0.6) is 0 Å². The molecule has 2 saturated heterocycles. The Morgan fingerprint density at radius 2 is 2.20 bits per heavy atom. The summed E-state index contributed by atoms with van der Waals surface area (Å²) in [6.45, 7) is 2.17.